The van der Waals surface area contributed by atoms with Gasteiger partial charge in [-0.2, -0.15) is 0 Å². The van der Waals surface area contributed by atoms with Crippen LogP contribution in [0.15, 0.2) is 0 Å². The zero-order valence-corrected chi connectivity index (χ0v) is 7.89. The Morgan fingerprint density at radius 1 is 0.692 bits per heavy atom. The SMILES string of the molecule is OCC(O)CCCCCC(O)CO. The molecule has 0 aromatic heterocycles. The first-order chi connectivity index (χ1) is 6.20. The second-order valence-corrected chi connectivity index (χ2v) is 3.31. The van der Waals surface area contributed by atoms with Crippen molar-refractivity contribution < 1.29 is 20.4 Å². The van der Waals surface area contributed by atoms with Crippen LogP contribution in [-0.2, 0) is 0 Å². The van der Waals surface area contributed by atoms with Crippen molar-refractivity contribution in [2.24, 2.45) is 0 Å². The lowest BCUT2D eigenvalue weighted by Crippen LogP contribution is -2.12. The van der Waals surface area contributed by atoms with Gasteiger partial charge in [0.05, 0.1) is 25.4 Å². The van der Waals surface area contributed by atoms with Crippen LogP contribution >= 0.6 is 0 Å². The van der Waals surface area contributed by atoms with Crippen LogP contribution in [0.3, 0.4) is 0 Å². The molecule has 0 bridgehead atoms. The molecule has 2 atom stereocenters. The lowest BCUT2D eigenvalue weighted by Gasteiger charge is -2.08. The van der Waals surface area contributed by atoms with Crippen molar-refractivity contribution in [3.63, 3.8) is 0 Å². The molecule has 4 heteroatoms. The lowest BCUT2D eigenvalue weighted by atomic mass is 10.1. The quantitative estimate of drug-likeness (QED) is 0.396. The minimum atomic E-state index is -0.609. The predicted octanol–water partition coefficient (Wildman–Crippen LogP) is -0.357. The molecule has 0 saturated carbocycles. The van der Waals surface area contributed by atoms with Crippen LogP contribution in [0, 0.1) is 0 Å². The molecule has 0 amide bonds. The molecule has 4 nitrogen and oxygen atoms in total. The highest BCUT2D eigenvalue weighted by Crippen LogP contribution is 2.07. The van der Waals surface area contributed by atoms with Crippen LogP contribution in [-0.4, -0.2) is 45.8 Å². The van der Waals surface area contributed by atoms with Crippen molar-refractivity contribution in [2.75, 3.05) is 13.2 Å². The van der Waals surface area contributed by atoms with E-state index in [1.807, 2.05) is 0 Å². The maximum absolute atomic E-state index is 8.97. The monoisotopic (exact) mass is 192 g/mol. The van der Waals surface area contributed by atoms with E-state index >= 15 is 0 Å². The van der Waals surface area contributed by atoms with E-state index in [2.05, 4.69) is 0 Å². The minimum absolute atomic E-state index is 0.181. The summed E-state index contributed by atoms with van der Waals surface area (Å²) in [6.07, 6.45) is 2.59. The standard InChI is InChI=1S/C9H20O4/c10-6-8(12)4-2-1-3-5-9(13)7-11/h8-13H,1-7H2. The zero-order chi connectivity index (χ0) is 10.1. The van der Waals surface area contributed by atoms with Gasteiger partial charge in [-0.15, -0.1) is 0 Å². The van der Waals surface area contributed by atoms with Crippen LogP contribution in [0.25, 0.3) is 0 Å². The van der Waals surface area contributed by atoms with E-state index in [1.165, 1.54) is 0 Å². The molecule has 0 heterocycles. The summed E-state index contributed by atoms with van der Waals surface area (Å²) in [4.78, 5) is 0. The van der Waals surface area contributed by atoms with Gasteiger partial charge in [-0.3, -0.25) is 0 Å². The van der Waals surface area contributed by atoms with Gasteiger partial charge in [-0.05, 0) is 12.8 Å². The molecule has 0 fully saturated rings. The highest BCUT2D eigenvalue weighted by atomic mass is 16.3. The number of rotatable bonds is 8. The van der Waals surface area contributed by atoms with Gasteiger partial charge in [-0.25, -0.2) is 0 Å². The fourth-order valence-electron chi connectivity index (χ4n) is 1.12. The van der Waals surface area contributed by atoms with Gasteiger partial charge in [0.15, 0.2) is 0 Å². The van der Waals surface area contributed by atoms with E-state index in [9.17, 15) is 0 Å². The second-order valence-electron chi connectivity index (χ2n) is 3.31. The van der Waals surface area contributed by atoms with Crippen molar-refractivity contribution in [3.05, 3.63) is 0 Å². The van der Waals surface area contributed by atoms with Crippen molar-refractivity contribution in [1.29, 1.82) is 0 Å². The number of hydrogen-bond donors (Lipinski definition) is 4. The Labute approximate surface area is 78.8 Å². The Bertz CT molecular complexity index is 95.8. The molecule has 0 spiro atoms. The highest BCUT2D eigenvalue weighted by molar-refractivity contribution is 4.56. The first kappa shape index (κ1) is 12.8. The van der Waals surface area contributed by atoms with Gasteiger partial charge < -0.3 is 20.4 Å². The van der Waals surface area contributed by atoms with Crippen LogP contribution in [0.1, 0.15) is 32.1 Å². The second kappa shape index (κ2) is 8.44. The Balaban J connectivity index is 3.08. The van der Waals surface area contributed by atoms with Gasteiger partial charge in [0.1, 0.15) is 0 Å². The molecule has 0 radical (unpaired) electrons. The minimum Gasteiger partial charge on any atom is -0.394 e. The van der Waals surface area contributed by atoms with E-state index in [1.54, 1.807) is 0 Å². The van der Waals surface area contributed by atoms with E-state index < -0.39 is 12.2 Å². The maximum atomic E-state index is 8.97. The van der Waals surface area contributed by atoms with Crippen LogP contribution in [0.2, 0.25) is 0 Å². The summed E-state index contributed by atoms with van der Waals surface area (Å²) in [6, 6.07) is 0. The van der Waals surface area contributed by atoms with Crippen molar-refractivity contribution in [2.45, 2.75) is 44.3 Å². The Morgan fingerprint density at radius 3 is 1.38 bits per heavy atom. The molecule has 2 unspecified atom stereocenters. The van der Waals surface area contributed by atoms with Crippen LogP contribution in [0.5, 0.6) is 0 Å². The van der Waals surface area contributed by atoms with Gasteiger partial charge in [0, 0.05) is 0 Å². The molecule has 80 valence electrons. The first-order valence-corrected chi connectivity index (χ1v) is 4.78. The number of hydrogen-bond acceptors (Lipinski definition) is 4. The molecule has 0 aliphatic rings. The van der Waals surface area contributed by atoms with E-state index in [0.29, 0.717) is 12.8 Å². The zero-order valence-electron chi connectivity index (χ0n) is 7.89. The average molecular weight is 192 g/mol. The van der Waals surface area contributed by atoms with Crippen molar-refractivity contribution in [1.82, 2.24) is 0 Å². The molecule has 13 heavy (non-hydrogen) atoms. The summed E-state index contributed by atoms with van der Waals surface area (Å²) in [5, 5.41) is 34.9. The molecule has 0 aliphatic carbocycles. The summed E-state index contributed by atoms with van der Waals surface area (Å²) in [7, 11) is 0. The highest BCUT2D eigenvalue weighted by Gasteiger charge is 2.03. The largest absolute Gasteiger partial charge is 0.394 e. The van der Waals surface area contributed by atoms with Crippen LogP contribution < -0.4 is 0 Å². The third-order valence-electron chi connectivity index (χ3n) is 2.00. The predicted molar refractivity (Wildman–Crippen MR) is 49.3 cm³/mol. The molecule has 0 saturated heterocycles. The van der Waals surface area contributed by atoms with Gasteiger partial charge in [0.25, 0.3) is 0 Å². The number of aliphatic hydroxyl groups excluding tert-OH is 4. The van der Waals surface area contributed by atoms with Gasteiger partial charge in [-0.1, -0.05) is 19.3 Å². The Kier molecular flexibility index (Phi) is 8.33. The summed E-state index contributed by atoms with van der Waals surface area (Å²) in [5.41, 5.74) is 0. The third kappa shape index (κ3) is 8.18. The van der Waals surface area contributed by atoms with E-state index in [4.69, 9.17) is 20.4 Å². The fourth-order valence-corrected chi connectivity index (χ4v) is 1.12. The summed E-state index contributed by atoms with van der Waals surface area (Å²) >= 11 is 0. The fraction of sp³-hybridized carbons (Fsp3) is 1.00. The molecule has 0 aliphatic heterocycles. The Hall–Kier alpha value is -0.160. The summed E-state index contributed by atoms with van der Waals surface area (Å²) in [5.74, 6) is 0. The lowest BCUT2D eigenvalue weighted by molar-refractivity contribution is 0.0801. The Morgan fingerprint density at radius 2 is 1.08 bits per heavy atom. The van der Waals surface area contributed by atoms with Crippen LogP contribution in [0.4, 0.5) is 0 Å². The van der Waals surface area contributed by atoms with Crippen molar-refractivity contribution in [3.8, 4) is 0 Å². The van der Waals surface area contributed by atoms with E-state index in [0.717, 1.165) is 19.3 Å². The molecular formula is C9H20O4. The first-order valence-electron chi connectivity index (χ1n) is 4.78. The topological polar surface area (TPSA) is 80.9 Å². The smallest absolute Gasteiger partial charge is 0.0770 e. The molecule has 4 N–H and O–H groups in total. The van der Waals surface area contributed by atoms with Gasteiger partial charge >= 0.3 is 0 Å². The molecular weight excluding hydrogens is 172 g/mol. The normalized spacial score (nSPS) is 15.7. The summed E-state index contributed by atoms with van der Waals surface area (Å²) < 4.78 is 0. The summed E-state index contributed by atoms with van der Waals surface area (Å²) in [6.45, 7) is -0.363. The number of unbranched alkanes of at least 4 members (excludes halogenated alkanes) is 2. The van der Waals surface area contributed by atoms with Crippen molar-refractivity contribution >= 4 is 0 Å². The van der Waals surface area contributed by atoms with E-state index in [-0.39, 0.29) is 13.2 Å². The number of aliphatic hydroxyl groups is 4. The average Bonchev–Trinajstić information content (AvgIpc) is 2.16. The molecule has 0 aromatic rings. The molecule has 0 aromatic carbocycles. The van der Waals surface area contributed by atoms with Gasteiger partial charge in [0.2, 0.25) is 0 Å². The maximum Gasteiger partial charge on any atom is 0.0770 e. The third-order valence-corrected chi connectivity index (χ3v) is 2.00. The molecule has 0 rings (SSSR count).